The minimum absolute atomic E-state index is 0.275. The van der Waals surface area contributed by atoms with Gasteiger partial charge in [0, 0.05) is 17.6 Å². The molecule has 2 aromatic rings. The van der Waals surface area contributed by atoms with Crippen LogP contribution in [-0.4, -0.2) is 25.3 Å². The highest BCUT2D eigenvalue weighted by molar-refractivity contribution is 7.98. The molecule has 0 radical (unpaired) electrons. The van der Waals surface area contributed by atoms with Gasteiger partial charge in [0.05, 0.1) is 0 Å². The van der Waals surface area contributed by atoms with E-state index in [-0.39, 0.29) is 11.9 Å². The first kappa shape index (κ1) is 18.4. The van der Waals surface area contributed by atoms with Crippen LogP contribution in [0, 0.1) is 5.92 Å². The highest BCUT2D eigenvalue weighted by atomic mass is 32.2. The maximum absolute atomic E-state index is 11.8. The molecule has 0 aromatic heterocycles. The molecule has 0 aliphatic carbocycles. The molecule has 0 saturated heterocycles. The third-order valence-corrected chi connectivity index (χ3v) is 4.93. The maximum Gasteiger partial charge on any atom is 0.240 e. The predicted molar refractivity (Wildman–Crippen MR) is 104 cm³/mol. The molecule has 0 bridgehead atoms. The molecule has 1 atom stereocenters. The molecule has 2 aromatic carbocycles. The van der Waals surface area contributed by atoms with Crippen molar-refractivity contribution < 1.29 is 4.79 Å². The lowest BCUT2D eigenvalue weighted by Crippen LogP contribution is -2.43. The highest BCUT2D eigenvalue weighted by Crippen LogP contribution is 2.26. The van der Waals surface area contributed by atoms with Gasteiger partial charge in [0.1, 0.15) is 6.04 Å². The Kier molecular flexibility index (Phi) is 6.32. The number of carbonyl (C=O) groups is 1. The van der Waals surface area contributed by atoms with Crippen LogP contribution in [0.3, 0.4) is 0 Å². The van der Waals surface area contributed by atoms with Crippen molar-refractivity contribution in [2.45, 2.75) is 31.2 Å². The third-order valence-electron chi connectivity index (χ3n) is 4.19. The molecule has 0 aliphatic rings. The molecular weight excluding hydrogens is 316 g/mol. The van der Waals surface area contributed by atoms with E-state index in [1.54, 1.807) is 11.8 Å². The third kappa shape index (κ3) is 4.54. The van der Waals surface area contributed by atoms with Crippen LogP contribution in [0.2, 0.25) is 0 Å². The zero-order valence-electron chi connectivity index (χ0n) is 14.8. The summed E-state index contributed by atoms with van der Waals surface area (Å²) in [6.07, 6.45) is 2.83. The number of carbonyl (C=O) groups excluding carboxylic acids is 1. The molecule has 0 saturated carbocycles. The van der Waals surface area contributed by atoms with E-state index in [0.29, 0.717) is 5.92 Å². The lowest BCUT2D eigenvalue weighted by molar-refractivity contribution is -0.119. The Labute approximate surface area is 149 Å². The van der Waals surface area contributed by atoms with Crippen molar-refractivity contribution in [3.8, 4) is 11.1 Å². The number of hydrogen-bond donors (Lipinski definition) is 1. The Balaban J connectivity index is 2.19. The van der Waals surface area contributed by atoms with Crippen molar-refractivity contribution >= 4 is 23.4 Å². The Morgan fingerprint density at radius 2 is 1.54 bits per heavy atom. The number of anilines is 1. The Hall–Kier alpha value is -1.94. The summed E-state index contributed by atoms with van der Waals surface area (Å²) < 4.78 is 0. The predicted octanol–water partition coefficient (Wildman–Crippen LogP) is 4.41. The van der Waals surface area contributed by atoms with E-state index in [1.807, 2.05) is 24.1 Å². The molecular formula is C20H26N2OS. The number of rotatable bonds is 7. The summed E-state index contributed by atoms with van der Waals surface area (Å²) in [6.45, 7) is 4.20. The molecule has 3 nitrogen and oxygen atoms in total. The van der Waals surface area contributed by atoms with Gasteiger partial charge in [0.15, 0.2) is 0 Å². The van der Waals surface area contributed by atoms with Crippen LogP contribution in [0.1, 0.15) is 20.3 Å². The molecule has 0 spiro atoms. The van der Waals surface area contributed by atoms with Crippen LogP contribution in [0.15, 0.2) is 53.4 Å². The maximum atomic E-state index is 11.8. The first-order valence-corrected chi connectivity index (χ1v) is 9.41. The van der Waals surface area contributed by atoms with Crippen molar-refractivity contribution in [1.82, 2.24) is 0 Å². The van der Waals surface area contributed by atoms with Gasteiger partial charge in [-0.15, -0.1) is 11.8 Å². The minimum atomic E-state index is -0.281. The Morgan fingerprint density at radius 3 is 1.96 bits per heavy atom. The first-order valence-electron chi connectivity index (χ1n) is 8.19. The fraction of sp³-hybridized carbons (Fsp3) is 0.350. The summed E-state index contributed by atoms with van der Waals surface area (Å²) in [7, 11) is 1.93. The fourth-order valence-electron chi connectivity index (χ4n) is 2.76. The normalized spacial score (nSPS) is 12.2. The number of nitrogens with zero attached hydrogens (tertiary/aromatic N) is 1. The summed E-state index contributed by atoms with van der Waals surface area (Å²) in [5.74, 6) is 0.141. The van der Waals surface area contributed by atoms with Crippen LogP contribution < -0.4 is 10.6 Å². The van der Waals surface area contributed by atoms with Crippen molar-refractivity contribution in [2.75, 3.05) is 18.2 Å². The standard InChI is InChI=1S/C20H26N2OS/c1-14(2)13-19(20(21)23)22(3)17-9-5-15(6-10-17)16-7-11-18(24-4)12-8-16/h5-12,14,19H,13H2,1-4H3,(H2,21,23)/t19-/m0/s1. The average molecular weight is 343 g/mol. The Bertz CT molecular complexity index is 665. The summed E-state index contributed by atoms with van der Waals surface area (Å²) in [5, 5.41) is 0. The molecule has 0 fully saturated rings. The van der Waals surface area contributed by atoms with Gasteiger partial charge in [-0.2, -0.15) is 0 Å². The zero-order chi connectivity index (χ0) is 17.7. The van der Waals surface area contributed by atoms with E-state index in [0.717, 1.165) is 12.1 Å². The average Bonchev–Trinajstić information content (AvgIpc) is 2.59. The molecule has 2 N–H and O–H groups in total. The fourth-order valence-corrected chi connectivity index (χ4v) is 3.17. The van der Waals surface area contributed by atoms with E-state index in [9.17, 15) is 4.79 Å². The molecule has 0 heterocycles. The van der Waals surface area contributed by atoms with Gasteiger partial charge in [0.2, 0.25) is 5.91 Å². The monoisotopic (exact) mass is 342 g/mol. The van der Waals surface area contributed by atoms with Crippen LogP contribution >= 0.6 is 11.8 Å². The van der Waals surface area contributed by atoms with Crippen LogP contribution in [-0.2, 0) is 4.79 Å². The first-order chi connectivity index (χ1) is 11.4. The van der Waals surface area contributed by atoms with Gasteiger partial charge < -0.3 is 10.6 Å². The molecule has 0 unspecified atom stereocenters. The number of hydrogen-bond acceptors (Lipinski definition) is 3. The van der Waals surface area contributed by atoms with Gasteiger partial charge >= 0.3 is 0 Å². The summed E-state index contributed by atoms with van der Waals surface area (Å²) in [6, 6.07) is 16.5. The van der Waals surface area contributed by atoms with Crippen molar-refractivity contribution in [3.63, 3.8) is 0 Å². The number of primary amides is 1. The Morgan fingerprint density at radius 1 is 1.04 bits per heavy atom. The number of amides is 1. The van der Waals surface area contributed by atoms with Gasteiger partial charge in [-0.1, -0.05) is 38.1 Å². The lowest BCUT2D eigenvalue weighted by Gasteiger charge is -2.29. The van der Waals surface area contributed by atoms with Gasteiger partial charge in [-0.3, -0.25) is 4.79 Å². The quantitative estimate of drug-likeness (QED) is 0.758. The van der Waals surface area contributed by atoms with Crippen molar-refractivity contribution in [2.24, 2.45) is 11.7 Å². The molecule has 2 rings (SSSR count). The number of thioether (sulfide) groups is 1. The summed E-state index contributed by atoms with van der Waals surface area (Å²) >= 11 is 1.74. The largest absolute Gasteiger partial charge is 0.368 e. The van der Waals surface area contributed by atoms with Gasteiger partial charge in [-0.25, -0.2) is 0 Å². The molecule has 1 amide bonds. The number of nitrogens with two attached hydrogens (primary N) is 1. The van der Waals surface area contributed by atoms with Crippen molar-refractivity contribution in [3.05, 3.63) is 48.5 Å². The van der Waals surface area contributed by atoms with E-state index in [1.165, 1.54) is 16.0 Å². The molecule has 128 valence electrons. The topological polar surface area (TPSA) is 46.3 Å². The van der Waals surface area contributed by atoms with E-state index in [2.05, 4.69) is 56.5 Å². The second kappa shape index (κ2) is 8.25. The van der Waals surface area contributed by atoms with Gasteiger partial charge in [0.25, 0.3) is 0 Å². The minimum Gasteiger partial charge on any atom is -0.368 e. The number of benzene rings is 2. The van der Waals surface area contributed by atoms with E-state index >= 15 is 0 Å². The van der Waals surface area contributed by atoms with E-state index in [4.69, 9.17) is 5.73 Å². The van der Waals surface area contributed by atoms with Gasteiger partial charge in [-0.05, 0) is 54.0 Å². The number of likely N-dealkylation sites (N-methyl/N-ethyl adjacent to an activating group) is 1. The highest BCUT2D eigenvalue weighted by Gasteiger charge is 2.22. The second-order valence-electron chi connectivity index (χ2n) is 6.43. The molecule has 4 heteroatoms. The second-order valence-corrected chi connectivity index (χ2v) is 7.31. The summed E-state index contributed by atoms with van der Waals surface area (Å²) in [5.41, 5.74) is 8.95. The lowest BCUT2D eigenvalue weighted by atomic mass is 10.0. The SMILES string of the molecule is CSc1ccc(-c2ccc(N(C)[C@@H](CC(C)C)C(N)=O)cc2)cc1. The summed E-state index contributed by atoms with van der Waals surface area (Å²) in [4.78, 5) is 15.0. The van der Waals surface area contributed by atoms with E-state index < -0.39 is 0 Å². The van der Waals surface area contributed by atoms with Crippen LogP contribution in [0.25, 0.3) is 11.1 Å². The zero-order valence-corrected chi connectivity index (χ0v) is 15.6. The smallest absolute Gasteiger partial charge is 0.240 e. The molecule has 24 heavy (non-hydrogen) atoms. The van der Waals surface area contributed by atoms with Crippen LogP contribution in [0.4, 0.5) is 5.69 Å². The molecule has 0 aliphatic heterocycles. The van der Waals surface area contributed by atoms with Crippen LogP contribution in [0.5, 0.6) is 0 Å². The van der Waals surface area contributed by atoms with Crippen molar-refractivity contribution in [1.29, 1.82) is 0 Å².